The molecule has 6 heteroatoms. The molecule has 0 radical (unpaired) electrons. The Kier molecular flexibility index (Phi) is 4.84. The summed E-state index contributed by atoms with van der Waals surface area (Å²) in [4.78, 5) is 24.1. The van der Waals surface area contributed by atoms with Crippen molar-refractivity contribution in [2.24, 2.45) is 0 Å². The molecule has 0 saturated heterocycles. The number of hydrogen-bond donors (Lipinski definition) is 1. The fourth-order valence-corrected chi connectivity index (χ4v) is 2.76. The van der Waals surface area contributed by atoms with Gasteiger partial charge in [-0.15, -0.1) is 0 Å². The van der Waals surface area contributed by atoms with Crippen molar-refractivity contribution in [2.75, 3.05) is 19.5 Å². The lowest BCUT2D eigenvalue weighted by atomic mass is 9.94. The maximum absolute atomic E-state index is 12.1. The predicted molar refractivity (Wildman–Crippen MR) is 95.6 cm³/mol. The van der Waals surface area contributed by atoms with Crippen LogP contribution in [0.5, 0.6) is 11.5 Å². The molecule has 0 aromatic heterocycles. The monoisotopic (exact) mass is 381 g/mol. The number of halogens is 1. The van der Waals surface area contributed by atoms with Crippen LogP contribution in [0.15, 0.2) is 26.2 Å². The van der Waals surface area contributed by atoms with Crippen LogP contribution in [0.25, 0.3) is 11.1 Å². The van der Waals surface area contributed by atoms with Gasteiger partial charge in [0.05, 0.1) is 29.9 Å². The largest absolute Gasteiger partial charge is 0.496 e. The summed E-state index contributed by atoms with van der Waals surface area (Å²) in [6.45, 7) is 5.98. The molecule has 0 atom stereocenters. The molecule has 0 spiro atoms. The van der Waals surface area contributed by atoms with Crippen molar-refractivity contribution in [1.82, 2.24) is 0 Å². The highest BCUT2D eigenvalue weighted by Gasteiger charge is 2.29. The second-order valence-corrected chi connectivity index (χ2v) is 6.81. The number of methoxy groups -OCH3 is 2. The zero-order valence-corrected chi connectivity index (χ0v) is 15.5. The quantitative estimate of drug-likeness (QED) is 0.777. The van der Waals surface area contributed by atoms with Gasteiger partial charge in [-0.1, -0.05) is 6.92 Å². The smallest absolute Gasteiger partial charge is 0.250 e. The van der Waals surface area contributed by atoms with Crippen molar-refractivity contribution in [2.45, 2.75) is 32.7 Å². The van der Waals surface area contributed by atoms with Gasteiger partial charge in [0.25, 0.3) is 0 Å². The van der Waals surface area contributed by atoms with Gasteiger partial charge in [0.1, 0.15) is 11.5 Å². The summed E-state index contributed by atoms with van der Waals surface area (Å²) < 4.78 is 11.3. The van der Waals surface area contributed by atoms with E-state index in [2.05, 4.69) is 21.2 Å². The van der Waals surface area contributed by atoms with Crippen molar-refractivity contribution in [3.8, 4) is 22.6 Å². The molecular weight excluding hydrogens is 362 g/mol. The lowest BCUT2D eigenvalue weighted by molar-refractivity contribution is 0.393. The molecule has 2 rings (SSSR count). The molecule has 0 amide bonds. The molecule has 1 N–H and O–H groups in total. The molecule has 124 valence electrons. The van der Waals surface area contributed by atoms with Gasteiger partial charge in [0, 0.05) is 17.2 Å². The molecule has 23 heavy (non-hydrogen) atoms. The zero-order chi connectivity index (χ0) is 17.4. The van der Waals surface area contributed by atoms with Crippen LogP contribution in [0, 0.1) is 0 Å². The first kappa shape index (κ1) is 17.5. The number of benzene rings is 1. The molecule has 0 aliphatic carbocycles. The summed E-state index contributed by atoms with van der Waals surface area (Å²) in [6, 6.07) is 3.42. The van der Waals surface area contributed by atoms with E-state index in [1.165, 1.54) is 7.11 Å². The van der Waals surface area contributed by atoms with Crippen LogP contribution in [-0.2, 0) is 0 Å². The number of hydrogen-bond acceptors (Lipinski definition) is 5. The maximum Gasteiger partial charge on any atom is 0.250 e. The first-order valence-electron chi connectivity index (χ1n) is 7.29. The van der Waals surface area contributed by atoms with Gasteiger partial charge < -0.3 is 14.8 Å². The first-order chi connectivity index (χ1) is 10.8. The fraction of sp³-hybridized carbons (Fsp3) is 0.412. The van der Waals surface area contributed by atoms with E-state index in [-0.39, 0.29) is 5.54 Å². The van der Waals surface area contributed by atoms with Gasteiger partial charge in [0.2, 0.25) is 10.9 Å². The molecule has 0 heterocycles. The molecule has 2 aromatic rings. The Labute approximate surface area is 143 Å². The SMILES string of the molecule is CCC(C)(C)Nc1c(-c2cc(Br)c(OC)cc2OC)c(=O)c1=O. The van der Waals surface area contributed by atoms with Crippen LogP contribution in [0.4, 0.5) is 5.69 Å². The van der Waals surface area contributed by atoms with Crippen molar-refractivity contribution in [3.05, 3.63) is 37.1 Å². The number of ether oxygens (including phenoxy) is 2. The molecule has 0 bridgehead atoms. The Balaban J connectivity index is 2.60. The first-order valence-corrected chi connectivity index (χ1v) is 8.08. The van der Waals surface area contributed by atoms with Gasteiger partial charge in [0.15, 0.2) is 0 Å². The van der Waals surface area contributed by atoms with Gasteiger partial charge in [-0.25, -0.2) is 0 Å². The average Bonchev–Trinajstić information content (AvgIpc) is 2.54. The van der Waals surface area contributed by atoms with E-state index < -0.39 is 10.9 Å². The molecule has 0 fully saturated rings. The van der Waals surface area contributed by atoms with Crippen molar-refractivity contribution < 1.29 is 9.47 Å². The van der Waals surface area contributed by atoms with Gasteiger partial charge in [-0.3, -0.25) is 9.59 Å². The third kappa shape index (κ3) is 3.13. The maximum atomic E-state index is 12.1. The minimum atomic E-state index is -0.505. The lowest BCUT2D eigenvalue weighted by Crippen LogP contribution is -2.42. The second-order valence-electron chi connectivity index (χ2n) is 5.96. The van der Waals surface area contributed by atoms with Crippen LogP contribution < -0.4 is 25.6 Å². The third-order valence-corrected chi connectivity index (χ3v) is 4.62. The van der Waals surface area contributed by atoms with Gasteiger partial charge >= 0.3 is 0 Å². The third-order valence-electron chi connectivity index (χ3n) is 4.00. The highest BCUT2D eigenvalue weighted by atomic mass is 79.9. The zero-order valence-electron chi connectivity index (χ0n) is 13.9. The highest BCUT2D eigenvalue weighted by molar-refractivity contribution is 9.10. The minimum Gasteiger partial charge on any atom is -0.496 e. The predicted octanol–water partition coefficient (Wildman–Crippen LogP) is 3.33. The van der Waals surface area contributed by atoms with Crippen molar-refractivity contribution in [1.29, 1.82) is 0 Å². The summed E-state index contributed by atoms with van der Waals surface area (Å²) >= 11 is 3.40. The van der Waals surface area contributed by atoms with E-state index in [4.69, 9.17) is 9.47 Å². The summed E-state index contributed by atoms with van der Waals surface area (Å²) in [5.41, 5.74) is -0.00754. The van der Waals surface area contributed by atoms with Gasteiger partial charge in [-0.05, 0) is 42.3 Å². The molecule has 0 unspecified atom stereocenters. The fourth-order valence-electron chi connectivity index (χ4n) is 2.25. The lowest BCUT2D eigenvalue weighted by Gasteiger charge is -2.28. The van der Waals surface area contributed by atoms with E-state index in [9.17, 15) is 9.59 Å². The molecular formula is C17H20BrNO4. The Morgan fingerprint density at radius 1 is 1.09 bits per heavy atom. The Morgan fingerprint density at radius 3 is 2.22 bits per heavy atom. The van der Waals surface area contributed by atoms with E-state index in [1.807, 2.05) is 20.8 Å². The summed E-state index contributed by atoms with van der Waals surface area (Å²) in [7, 11) is 3.06. The standard InChI is InChI=1S/C17H20BrNO4/c1-6-17(2,3)19-14-13(15(20)16(14)21)9-7-10(18)12(23-5)8-11(9)22-4/h7-8,19H,6H2,1-5H3. The number of rotatable bonds is 6. The van der Waals surface area contributed by atoms with Crippen molar-refractivity contribution >= 4 is 21.6 Å². The Hall–Kier alpha value is -1.82. The van der Waals surface area contributed by atoms with Crippen LogP contribution in [0.3, 0.4) is 0 Å². The number of anilines is 1. The van der Waals surface area contributed by atoms with Crippen LogP contribution in [0.2, 0.25) is 0 Å². The minimum absolute atomic E-state index is 0.284. The van der Waals surface area contributed by atoms with Crippen molar-refractivity contribution in [3.63, 3.8) is 0 Å². The highest BCUT2D eigenvalue weighted by Crippen LogP contribution is 2.40. The van der Waals surface area contributed by atoms with E-state index in [0.717, 1.165) is 6.42 Å². The Morgan fingerprint density at radius 2 is 1.70 bits per heavy atom. The molecule has 5 nitrogen and oxygen atoms in total. The van der Waals surface area contributed by atoms with E-state index in [1.54, 1.807) is 19.2 Å². The molecule has 2 aromatic carbocycles. The van der Waals surface area contributed by atoms with Gasteiger partial charge in [-0.2, -0.15) is 0 Å². The average molecular weight is 382 g/mol. The molecule has 0 aliphatic rings. The Bertz CT molecular complexity index is 804. The molecule has 0 aliphatic heterocycles. The summed E-state index contributed by atoms with van der Waals surface area (Å²) in [6.07, 6.45) is 0.814. The van der Waals surface area contributed by atoms with E-state index in [0.29, 0.717) is 32.8 Å². The molecule has 0 saturated carbocycles. The van der Waals surface area contributed by atoms with Crippen LogP contribution >= 0.6 is 15.9 Å². The number of nitrogens with one attached hydrogen (secondary N) is 1. The topological polar surface area (TPSA) is 64.6 Å². The normalized spacial score (nSPS) is 11.6. The second kappa shape index (κ2) is 6.35. The summed E-state index contributed by atoms with van der Waals surface area (Å²) in [5.74, 6) is 1.07. The summed E-state index contributed by atoms with van der Waals surface area (Å²) in [5, 5.41) is 3.18. The van der Waals surface area contributed by atoms with Crippen LogP contribution in [0.1, 0.15) is 27.2 Å². The van der Waals surface area contributed by atoms with E-state index >= 15 is 0 Å². The van der Waals surface area contributed by atoms with Crippen LogP contribution in [-0.4, -0.2) is 19.8 Å².